The molecule has 0 bridgehead atoms. The lowest BCUT2D eigenvalue weighted by molar-refractivity contribution is -0.142. The molecule has 0 saturated carbocycles. The summed E-state index contributed by atoms with van der Waals surface area (Å²) in [4.78, 5) is 35.2. The molecule has 2 amide bonds. The molecule has 2 atom stereocenters. The lowest BCUT2D eigenvalue weighted by Crippen LogP contribution is -2.37. The van der Waals surface area contributed by atoms with Gasteiger partial charge in [0, 0.05) is 12.0 Å². The maximum Gasteiger partial charge on any atom is 0.407 e. The Morgan fingerprint density at radius 2 is 1.70 bits per heavy atom. The van der Waals surface area contributed by atoms with Crippen LogP contribution < -0.4 is 10.6 Å². The van der Waals surface area contributed by atoms with Crippen LogP contribution >= 0.6 is 0 Å². The third-order valence-electron chi connectivity index (χ3n) is 5.86. The number of nitrogens with one attached hydrogen (secondary N) is 2. The normalized spacial score (nSPS) is 18.3. The predicted molar refractivity (Wildman–Crippen MR) is 122 cm³/mol. The minimum atomic E-state index is -0.878. The van der Waals surface area contributed by atoms with Crippen LogP contribution in [0.5, 0.6) is 0 Å². The minimum Gasteiger partial charge on any atom is -0.481 e. The summed E-state index contributed by atoms with van der Waals surface area (Å²) in [5.74, 6) is 3.04. The quantitative estimate of drug-likeness (QED) is 0.486. The van der Waals surface area contributed by atoms with Crippen molar-refractivity contribution in [1.82, 2.24) is 10.6 Å². The number of carboxylic acids is 1. The molecular weight excluding hydrogens is 420 g/mol. The van der Waals surface area contributed by atoms with E-state index in [4.69, 9.17) is 9.84 Å². The van der Waals surface area contributed by atoms with Crippen LogP contribution in [0.25, 0.3) is 11.1 Å². The molecule has 0 spiro atoms. The van der Waals surface area contributed by atoms with Gasteiger partial charge in [0.15, 0.2) is 0 Å². The number of hydrogen-bond donors (Lipinski definition) is 3. The van der Waals surface area contributed by atoms with Crippen LogP contribution in [0.2, 0.25) is 0 Å². The van der Waals surface area contributed by atoms with Crippen molar-refractivity contribution in [2.24, 2.45) is 5.92 Å². The molecule has 0 fully saturated rings. The van der Waals surface area contributed by atoms with Gasteiger partial charge in [-0.25, -0.2) is 4.79 Å². The number of alkyl carbamates (subject to hydrolysis) is 1. The first-order valence-corrected chi connectivity index (χ1v) is 10.8. The molecule has 168 valence electrons. The number of amides is 2. The third kappa shape index (κ3) is 5.24. The molecule has 0 radical (unpaired) electrons. The van der Waals surface area contributed by atoms with E-state index in [1.165, 1.54) is 0 Å². The van der Waals surface area contributed by atoms with Crippen molar-refractivity contribution in [2.75, 3.05) is 13.2 Å². The highest BCUT2D eigenvalue weighted by Gasteiger charge is 2.29. The SMILES string of the molecule is O=C(C#CCNC(=O)OCC1c2ccccc2-c2ccccc21)N[C@@H]1C=CC[C@@H](C(=O)O)C1. The van der Waals surface area contributed by atoms with Gasteiger partial charge in [-0.3, -0.25) is 9.59 Å². The number of carbonyl (C=O) groups is 3. The fourth-order valence-electron chi connectivity index (χ4n) is 4.29. The first-order chi connectivity index (χ1) is 16.0. The number of carbonyl (C=O) groups excluding carboxylic acids is 2. The summed E-state index contributed by atoms with van der Waals surface area (Å²) in [6.45, 7) is 0.162. The van der Waals surface area contributed by atoms with E-state index in [0.717, 1.165) is 22.3 Å². The number of carboxylic acid groups (broad SMARTS) is 1. The molecule has 4 rings (SSSR count). The molecule has 0 aliphatic heterocycles. The van der Waals surface area contributed by atoms with Crippen molar-refractivity contribution in [3.05, 3.63) is 71.8 Å². The third-order valence-corrected chi connectivity index (χ3v) is 5.86. The molecule has 2 aliphatic rings. The molecule has 7 nitrogen and oxygen atoms in total. The Labute approximate surface area is 191 Å². The molecule has 0 unspecified atom stereocenters. The summed E-state index contributed by atoms with van der Waals surface area (Å²) >= 11 is 0. The van der Waals surface area contributed by atoms with E-state index in [0.29, 0.717) is 12.8 Å². The molecule has 33 heavy (non-hydrogen) atoms. The number of fused-ring (bicyclic) bond motifs is 3. The van der Waals surface area contributed by atoms with Crippen LogP contribution in [0.3, 0.4) is 0 Å². The molecule has 0 heterocycles. The second-order valence-electron chi connectivity index (χ2n) is 8.00. The zero-order valence-electron chi connectivity index (χ0n) is 17.9. The van der Waals surface area contributed by atoms with E-state index in [-0.39, 0.29) is 25.1 Å². The lowest BCUT2D eigenvalue weighted by Gasteiger charge is -2.21. The second kappa shape index (κ2) is 10.0. The Morgan fingerprint density at radius 1 is 1.03 bits per heavy atom. The Kier molecular flexibility index (Phi) is 6.75. The highest BCUT2D eigenvalue weighted by atomic mass is 16.5. The average molecular weight is 444 g/mol. The molecule has 2 aliphatic carbocycles. The van der Waals surface area contributed by atoms with E-state index in [1.807, 2.05) is 36.4 Å². The smallest absolute Gasteiger partial charge is 0.407 e. The predicted octanol–water partition coefficient (Wildman–Crippen LogP) is 3.06. The van der Waals surface area contributed by atoms with Gasteiger partial charge in [-0.05, 0) is 41.0 Å². The summed E-state index contributed by atoms with van der Waals surface area (Å²) in [6, 6.07) is 15.8. The minimum absolute atomic E-state index is 0.0295. The van der Waals surface area contributed by atoms with Crippen molar-refractivity contribution in [2.45, 2.75) is 24.8 Å². The van der Waals surface area contributed by atoms with Crippen molar-refractivity contribution < 1.29 is 24.2 Å². The van der Waals surface area contributed by atoms with Gasteiger partial charge in [0.25, 0.3) is 5.91 Å². The topological polar surface area (TPSA) is 105 Å². The van der Waals surface area contributed by atoms with E-state index >= 15 is 0 Å². The highest BCUT2D eigenvalue weighted by molar-refractivity contribution is 5.94. The summed E-state index contributed by atoms with van der Waals surface area (Å²) < 4.78 is 5.42. The number of allylic oxidation sites excluding steroid dienone is 1. The zero-order valence-corrected chi connectivity index (χ0v) is 17.9. The summed E-state index contributed by atoms with van der Waals surface area (Å²) in [5.41, 5.74) is 4.57. The van der Waals surface area contributed by atoms with E-state index in [2.05, 4.69) is 34.6 Å². The van der Waals surface area contributed by atoms with E-state index in [9.17, 15) is 14.4 Å². The first-order valence-electron chi connectivity index (χ1n) is 10.8. The van der Waals surface area contributed by atoms with Gasteiger partial charge in [-0.1, -0.05) is 66.6 Å². The molecule has 3 N–H and O–H groups in total. The molecule has 0 saturated heterocycles. The molecular formula is C26H24N2O5. The first kappa shape index (κ1) is 22.2. The van der Waals surface area contributed by atoms with Crippen LogP contribution in [-0.4, -0.2) is 42.3 Å². The molecule has 2 aromatic rings. The van der Waals surface area contributed by atoms with Crippen molar-refractivity contribution in [1.29, 1.82) is 0 Å². The average Bonchev–Trinajstić information content (AvgIpc) is 3.14. The van der Waals surface area contributed by atoms with Gasteiger partial charge in [-0.15, -0.1) is 0 Å². The number of ether oxygens (including phenoxy) is 1. The number of rotatable bonds is 5. The Morgan fingerprint density at radius 3 is 2.36 bits per heavy atom. The van der Waals surface area contributed by atoms with Crippen molar-refractivity contribution in [3.8, 4) is 23.0 Å². The van der Waals surface area contributed by atoms with Crippen LogP contribution in [0.1, 0.15) is 29.9 Å². The van der Waals surface area contributed by atoms with Gasteiger partial charge < -0.3 is 20.5 Å². The van der Waals surface area contributed by atoms with Gasteiger partial charge in [0.2, 0.25) is 0 Å². The molecule has 7 heteroatoms. The molecule has 2 aromatic carbocycles. The summed E-state index contributed by atoms with van der Waals surface area (Å²) in [6.07, 6.45) is 3.70. The van der Waals surface area contributed by atoms with Crippen LogP contribution in [0.15, 0.2) is 60.7 Å². The van der Waals surface area contributed by atoms with Gasteiger partial charge in [0.1, 0.15) is 6.61 Å². The fraction of sp³-hybridized carbons (Fsp3) is 0.269. The van der Waals surface area contributed by atoms with Crippen molar-refractivity contribution in [3.63, 3.8) is 0 Å². The van der Waals surface area contributed by atoms with Crippen molar-refractivity contribution >= 4 is 18.0 Å². The van der Waals surface area contributed by atoms with Crippen LogP contribution in [0.4, 0.5) is 4.79 Å². The Hall–Kier alpha value is -4.05. The summed E-state index contributed by atoms with van der Waals surface area (Å²) in [5, 5.41) is 14.3. The second-order valence-corrected chi connectivity index (χ2v) is 8.00. The van der Waals surface area contributed by atoms with Gasteiger partial charge >= 0.3 is 12.1 Å². The van der Waals surface area contributed by atoms with E-state index < -0.39 is 23.9 Å². The van der Waals surface area contributed by atoms with E-state index in [1.54, 1.807) is 12.2 Å². The van der Waals surface area contributed by atoms with Crippen LogP contribution in [-0.2, 0) is 14.3 Å². The maximum absolute atomic E-state index is 12.1. The number of aliphatic carboxylic acids is 1. The Bertz CT molecular complexity index is 1120. The largest absolute Gasteiger partial charge is 0.481 e. The van der Waals surface area contributed by atoms with Crippen LogP contribution in [0, 0.1) is 17.8 Å². The number of benzene rings is 2. The van der Waals surface area contributed by atoms with Gasteiger partial charge in [-0.2, -0.15) is 0 Å². The molecule has 0 aromatic heterocycles. The van der Waals surface area contributed by atoms with Gasteiger partial charge in [0.05, 0.1) is 12.5 Å². The standard InChI is InChI=1S/C26H24N2O5/c29-24(28-18-8-5-7-17(15-18)25(30)31)13-6-14-27-26(32)33-16-23-21-11-3-1-9-19(21)20-10-2-4-12-22(20)23/h1-5,8-12,17-18,23H,7,14-16H2,(H,27,32)(H,28,29)(H,30,31)/t17-,18-/m1/s1. The maximum atomic E-state index is 12.1. The Balaban J connectivity index is 1.24. The lowest BCUT2D eigenvalue weighted by atomic mass is 9.91. The zero-order chi connectivity index (χ0) is 23.2. The highest BCUT2D eigenvalue weighted by Crippen LogP contribution is 2.44. The monoisotopic (exact) mass is 444 g/mol. The number of hydrogen-bond acceptors (Lipinski definition) is 4. The summed E-state index contributed by atoms with van der Waals surface area (Å²) in [7, 11) is 0. The fourth-order valence-corrected chi connectivity index (χ4v) is 4.29.